The first-order valence-corrected chi connectivity index (χ1v) is 6.50. The average Bonchev–Trinajstić information content (AvgIpc) is 2.96. The molecule has 0 amide bonds. The maximum Gasteiger partial charge on any atom is 0.341 e. The van der Waals surface area contributed by atoms with E-state index in [1.165, 1.54) is 27.4 Å². The van der Waals surface area contributed by atoms with Gasteiger partial charge in [0.15, 0.2) is 0 Å². The second-order valence-electron chi connectivity index (χ2n) is 4.42. The Bertz CT molecular complexity index is 718. The van der Waals surface area contributed by atoms with Crippen molar-refractivity contribution in [1.82, 2.24) is 4.98 Å². The molecule has 1 heterocycles. The molecule has 0 unspecified atom stereocenters. The zero-order valence-corrected chi connectivity index (χ0v) is 16.2. The Morgan fingerprint density at radius 1 is 1.26 bits per heavy atom. The van der Waals surface area contributed by atoms with Crippen molar-refractivity contribution >= 4 is 28.7 Å². The largest absolute Gasteiger partial charge is 0.465 e. The minimum absolute atomic E-state index is 0. The Balaban J connectivity index is 0.00000264. The van der Waals surface area contributed by atoms with E-state index in [1.807, 2.05) is 12.1 Å². The number of esters is 1. The number of carbonyl (C=O) groups is 2. The van der Waals surface area contributed by atoms with Crippen molar-refractivity contribution in [2.24, 2.45) is 0 Å². The van der Waals surface area contributed by atoms with Gasteiger partial charge in [0, 0.05) is 33.7 Å². The van der Waals surface area contributed by atoms with E-state index >= 15 is 0 Å². The second kappa shape index (κ2) is 8.72. The van der Waals surface area contributed by atoms with E-state index in [0.717, 1.165) is 10.9 Å². The molecule has 6 nitrogen and oxygen atoms in total. The Labute approximate surface area is 146 Å². The van der Waals surface area contributed by atoms with Crippen molar-refractivity contribution in [1.29, 1.82) is 0 Å². The summed E-state index contributed by atoms with van der Waals surface area (Å²) in [6, 6.07) is 8.47. The number of H-pyrrole nitrogens is 1. The van der Waals surface area contributed by atoms with Gasteiger partial charge in [0.05, 0.1) is 7.11 Å². The number of carbonyl (C=O) groups excluding carboxylic acids is 2. The maximum atomic E-state index is 12.3. The molecule has 0 radical (unpaired) electrons. The van der Waals surface area contributed by atoms with Crippen LogP contribution >= 0.6 is 0 Å². The quantitative estimate of drug-likeness (QED) is 0.160. The number of ether oxygens (including phenoxy) is 3. The minimum Gasteiger partial charge on any atom is -0.465 e. The van der Waals surface area contributed by atoms with Crippen LogP contribution in [0.1, 0.15) is 5.56 Å². The summed E-state index contributed by atoms with van der Waals surface area (Å²) in [4.78, 5) is 27.3. The molecular weight excluding hydrogens is 352 g/mol. The summed E-state index contributed by atoms with van der Waals surface area (Å²) in [5.74, 6) is -1.36. The number of hydrogen-bond acceptors (Lipinski definition) is 5. The summed E-state index contributed by atoms with van der Waals surface area (Å²) in [5.41, 5.74) is 1.30. The smallest absolute Gasteiger partial charge is 0.341 e. The number of aromatic amines is 1. The van der Waals surface area contributed by atoms with E-state index in [-0.39, 0.29) is 25.1 Å². The van der Waals surface area contributed by atoms with Crippen molar-refractivity contribution in [3.05, 3.63) is 41.6 Å². The zero-order valence-electron chi connectivity index (χ0n) is 13.2. The summed E-state index contributed by atoms with van der Waals surface area (Å²) in [5, 5.41) is 0.836. The van der Waals surface area contributed by atoms with Crippen molar-refractivity contribution < 1.29 is 43.3 Å². The predicted octanol–water partition coefficient (Wildman–Crippen LogP) is 1.71. The maximum absolute atomic E-state index is 12.3. The summed E-state index contributed by atoms with van der Waals surface area (Å²) in [6.07, 6.45) is 1.97. The van der Waals surface area contributed by atoms with Crippen LogP contribution < -0.4 is 0 Å². The van der Waals surface area contributed by atoms with Gasteiger partial charge in [-0.3, -0.25) is 4.79 Å². The molecule has 0 aliphatic carbocycles. The summed E-state index contributed by atoms with van der Waals surface area (Å²) >= 11 is 0. The van der Waals surface area contributed by atoms with Gasteiger partial charge in [-0.15, -0.1) is 5.39 Å². The number of fused-ring (bicyclic) bond motifs is 1. The normalized spacial score (nSPS) is 11.4. The topological polar surface area (TPSA) is 77.6 Å². The number of aromatic nitrogens is 1. The molecular formula is C16H16NO5Zn-. The number of nitrogens with one attached hydrogen (secondary N) is 1. The fourth-order valence-corrected chi connectivity index (χ4v) is 2.08. The number of methoxy groups -OCH3 is 3. The number of rotatable bonds is 6. The van der Waals surface area contributed by atoms with E-state index in [0.29, 0.717) is 5.56 Å². The van der Waals surface area contributed by atoms with Crippen molar-refractivity contribution in [3.8, 4) is 0 Å². The van der Waals surface area contributed by atoms with E-state index < -0.39 is 18.0 Å². The van der Waals surface area contributed by atoms with Crippen molar-refractivity contribution in [2.75, 3.05) is 21.3 Å². The van der Waals surface area contributed by atoms with E-state index in [1.54, 1.807) is 12.3 Å². The van der Waals surface area contributed by atoms with Gasteiger partial charge in [-0.05, 0) is 12.3 Å². The number of Topliss-reactive ketones (excluding diaryl/α,β-unsaturated/α-hetero) is 1. The molecule has 0 saturated heterocycles. The van der Waals surface area contributed by atoms with Gasteiger partial charge in [0.25, 0.3) is 0 Å². The van der Waals surface area contributed by atoms with Gasteiger partial charge in [-0.25, -0.2) is 4.79 Å². The number of ketones is 1. The molecule has 23 heavy (non-hydrogen) atoms. The molecule has 0 fully saturated rings. The second-order valence-corrected chi connectivity index (χ2v) is 4.42. The van der Waals surface area contributed by atoms with E-state index in [9.17, 15) is 9.59 Å². The van der Waals surface area contributed by atoms with Crippen LogP contribution in [0.2, 0.25) is 0 Å². The van der Waals surface area contributed by atoms with Crippen LogP contribution in [0.4, 0.5) is 0 Å². The fraction of sp³-hybridized carbons (Fsp3) is 0.250. The molecule has 1 aromatic carbocycles. The first-order valence-electron chi connectivity index (χ1n) is 6.50. The van der Waals surface area contributed by atoms with E-state index in [4.69, 9.17) is 9.47 Å². The first-order chi connectivity index (χ1) is 10.6. The van der Waals surface area contributed by atoms with Crippen LogP contribution in [0, 0.1) is 6.07 Å². The standard InChI is InChI=1S/C16H16NO5.Zn/c1-20-15(19)12(14(18)16(21-2)22-3)8-10-9-17-13-7-5-4-6-11(10)13;/h4-6,8-9,16-17H,1-3H3;/q-1;/b12-8-;. The molecule has 2 aromatic rings. The third-order valence-corrected chi connectivity index (χ3v) is 3.15. The monoisotopic (exact) mass is 366 g/mol. The van der Waals surface area contributed by atoms with Crippen LogP contribution in [-0.4, -0.2) is 44.4 Å². The number of hydrogen-bond donors (Lipinski definition) is 1. The fourth-order valence-electron chi connectivity index (χ4n) is 2.08. The van der Waals surface area contributed by atoms with Gasteiger partial charge < -0.3 is 19.2 Å². The first kappa shape index (κ1) is 19.2. The van der Waals surface area contributed by atoms with Gasteiger partial charge in [0.2, 0.25) is 12.1 Å². The number of para-hydroxylation sites is 1. The summed E-state index contributed by atoms with van der Waals surface area (Å²) in [6.45, 7) is 0. The van der Waals surface area contributed by atoms with Crippen LogP contribution in [0.15, 0.2) is 30.0 Å². The van der Waals surface area contributed by atoms with Gasteiger partial charge >= 0.3 is 5.97 Å². The Morgan fingerprint density at radius 3 is 2.57 bits per heavy atom. The molecule has 0 saturated carbocycles. The molecule has 2 rings (SSSR count). The Hall–Kier alpha value is -1.82. The average molecular weight is 368 g/mol. The third kappa shape index (κ3) is 4.13. The van der Waals surface area contributed by atoms with Crippen LogP contribution in [0.5, 0.6) is 0 Å². The van der Waals surface area contributed by atoms with Gasteiger partial charge in [0.1, 0.15) is 5.57 Å². The van der Waals surface area contributed by atoms with Crippen LogP contribution in [0.3, 0.4) is 0 Å². The summed E-state index contributed by atoms with van der Waals surface area (Å²) in [7, 11) is 3.85. The summed E-state index contributed by atoms with van der Waals surface area (Å²) < 4.78 is 14.5. The molecule has 1 N–H and O–H groups in total. The van der Waals surface area contributed by atoms with Crippen LogP contribution in [0.25, 0.3) is 17.0 Å². The molecule has 0 atom stereocenters. The SMILES string of the molecule is COC(=O)/C(=C\c1c[nH]c2[c-]cccc12)C(=O)C(OC)OC.[Zn]. The third-order valence-electron chi connectivity index (χ3n) is 3.15. The van der Waals surface area contributed by atoms with Gasteiger partial charge in [-0.2, -0.15) is 24.3 Å². The molecule has 1 aromatic heterocycles. The molecule has 7 heteroatoms. The zero-order chi connectivity index (χ0) is 16.1. The molecule has 0 spiro atoms. The minimum atomic E-state index is -1.16. The van der Waals surface area contributed by atoms with Crippen LogP contribution in [-0.2, 0) is 43.3 Å². The van der Waals surface area contributed by atoms with Crippen molar-refractivity contribution in [2.45, 2.75) is 6.29 Å². The van der Waals surface area contributed by atoms with E-state index in [2.05, 4.69) is 15.8 Å². The molecule has 0 aliphatic rings. The molecule has 0 bridgehead atoms. The molecule has 0 aliphatic heterocycles. The number of benzene rings is 1. The van der Waals surface area contributed by atoms with Gasteiger partial charge in [-0.1, -0.05) is 11.1 Å². The Morgan fingerprint density at radius 2 is 1.96 bits per heavy atom. The Kier molecular flexibility index (Phi) is 7.29. The predicted molar refractivity (Wildman–Crippen MR) is 79.9 cm³/mol. The molecule has 118 valence electrons. The van der Waals surface area contributed by atoms with Crippen molar-refractivity contribution in [3.63, 3.8) is 0 Å².